The highest BCUT2D eigenvalue weighted by Crippen LogP contribution is 2.33. The lowest BCUT2D eigenvalue weighted by atomic mass is 10.1. The van der Waals surface area contributed by atoms with Crippen molar-refractivity contribution >= 4 is 28.8 Å². The summed E-state index contributed by atoms with van der Waals surface area (Å²) in [5, 5.41) is 11.4. The summed E-state index contributed by atoms with van der Waals surface area (Å²) < 4.78 is 15.0. The van der Waals surface area contributed by atoms with Crippen molar-refractivity contribution in [3.8, 4) is 16.1 Å². The highest BCUT2D eigenvalue weighted by atomic mass is 35.5. The molecule has 0 saturated heterocycles. The largest absolute Gasteiger partial charge is 0.342 e. The minimum absolute atomic E-state index is 0.0161. The Labute approximate surface area is 204 Å². The van der Waals surface area contributed by atoms with E-state index in [9.17, 15) is 14.0 Å². The Morgan fingerprint density at radius 2 is 2.00 bits per heavy atom. The monoisotopic (exact) mass is 497 g/mol. The van der Waals surface area contributed by atoms with Gasteiger partial charge in [0.05, 0.1) is 10.9 Å². The molecule has 34 heavy (non-hydrogen) atoms. The van der Waals surface area contributed by atoms with Crippen LogP contribution in [0.4, 0.5) is 4.39 Å². The van der Waals surface area contributed by atoms with Crippen LogP contribution in [0.25, 0.3) is 16.1 Å². The molecule has 0 spiro atoms. The van der Waals surface area contributed by atoms with Gasteiger partial charge in [-0.15, -0.1) is 11.3 Å². The molecule has 4 rings (SSSR count). The van der Waals surface area contributed by atoms with Crippen LogP contribution < -0.4 is 16.2 Å². The van der Waals surface area contributed by atoms with Crippen LogP contribution in [0, 0.1) is 5.82 Å². The summed E-state index contributed by atoms with van der Waals surface area (Å²) in [6.45, 7) is 2.48. The molecule has 0 aliphatic heterocycles. The molecule has 0 aliphatic rings. The van der Waals surface area contributed by atoms with Gasteiger partial charge in [-0.05, 0) is 55.4 Å². The number of carbonyl (C=O) groups excluding carboxylic acids is 1. The van der Waals surface area contributed by atoms with E-state index in [2.05, 4.69) is 20.7 Å². The van der Waals surface area contributed by atoms with E-state index in [4.69, 9.17) is 11.6 Å². The fourth-order valence-corrected chi connectivity index (χ4v) is 4.54. The number of aromatic nitrogens is 3. The van der Waals surface area contributed by atoms with Crippen LogP contribution in [-0.2, 0) is 6.54 Å². The first-order valence-corrected chi connectivity index (χ1v) is 11.6. The number of benzene rings is 2. The molecule has 0 saturated carbocycles. The van der Waals surface area contributed by atoms with Crippen molar-refractivity contribution in [2.24, 2.45) is 0 Å². The van der Waals surface area contributed by atoms with Crippen LogP contribution in [0.3, 0.4) is 0 Å². The van der Waals surface area contributed by atoms with E-state index in [1.165, 1.54) is 41.7 Å². The molecular formula is C24H21ClFN5O2S. The quantitative estimate of drug-likeness (QED) is 0.396. The highest BCUT2D eigenvalue weighted by Gasteiger charge is 2.19. The van der Waals surface area contributed by atoms with Gasteiger partial charge >= 0.3 is 0 Å². The molecule has 0 radical (unpaired) electrons. The smallest absolute Gasteiger partial charge is 0.272 e. The Morgan fingerprint density at radius 3 is 2.76 bits per heavy atom. The summed E-state index contributed by atoms with van der Waals surface area (Å²) in [6, 6.07) is 13.5. The van der Waals surface area contributed by atoms with Crippen molar-refractivity contribution in [2.45, 2.75) is 19.5 Å². The maximum absolute atomic E-state index is 14.1. The molecule has 10 heteroatoms. The predicted octanol–water partition coefficient (Wildman–Crippen LogP) is 4.36. The van der Waals surface area contributed by atoms with Crippen molar-refractivity contribution in [3.63, 3.8) is 0 Å². The van der Waals surface area contributed by atoms with Gasteiger partial charge in [0.25, 0.3) is 11.5 Å². The van der Waals surface area contributed by atoms with Crippen molar-refractivity contribution in [2.75, 3.05) is 7.05 Å². The molecule has 0 fully saturated rings. The van der Waals surface area contributed by atoms with E-state index < -0.39 is 23.3 Å². The van der Waals surface area contributed by atoms with E-state index in [0.29, 0.717) is 16.6 Å². The standard InChI is InChI=1S/C24H21ClFN5O2S/c1-14(24-28-13-21(34-24)17-11-16(25)8-7-15(17)12-27-2)29-23(33)19-9-10-22(32)31(30-19)20-6-4-3-5-18(20)26/h3-11,13-14,27H,12H2,1-2H3,(H,29,33). The number of halogens is 2. The molecular weight excluding hydrogens is 477 g/mol. The fraction of sp³-hybridized carbons (Fsp3) is 0.167. The van der Waals surface area contributed by atoms with Crippen LogP contribution in [0.1, 0.15) is 34.0 Å². The number of nitrogens with zero attached hydrogens (tertiary/aromatic N) is 3. The van der Waals surface area contributed by atoms with Gasteiger partial charge in [0, 0.05) is 23.8 Å². The van der Waals surface area contributed by atoms with Gasteiger partial charge in [-0.2, -0.15) is 9.78 Å². The number of amides is 1. The number of hydrogen-bond acceptors (Lipinski definition) is 6. The lowest BCUT2D eigenvalue weighted by molar-refractivity contribution is 0.0933. The second-order valence-electron chi connectivity index (χ2n) is 7.51. The van der Waals surface area contributed by atoms with Crippen LogP contribution in [-0.4, -0.2) is 27.7 Å². The van der Waals surface area contributed by atoms with Crippen LogP contribution in [0.15, 0.2) is 65.6 Å². The third-order valence-electron chi connectivity index (χ3n) is 5.06. The summed E-state index contributed by atoms with van der Waals surface area (Å²) in [6.07, 6.45) is 1.75. The third kappa shape index (κ3) is 5.06. The first kappa shape index (κ1) is 23.7. The van der Waals surface area contributed by atoms with E-state index in [1.807, 2.05) is 25.2 Å². The van der Waals surface area contributed by atoms with Gasteiger partial charge in [-0.25, -0.2) is 9.37 Å². The molecule has 0 aliphatic carbocycles. The number of thiazole rings is 1. The fourth-order valence-electron chi connectivity index (χ4n) is 3.40. The zero-order valence-electron chi connectivity index (χ0n) is 18.4. The zero-order valence-corrected chi connectivity index (χ0v) is 20.0. The molecule has 1 amide bonds. The van der Waals surface area contributed by atoms with Crippen LogP contribution >= 0.6 is 22.9 Å². The number of para-hydroxylation sites is 1. The Balaban J connectivity index is 1.55. The Kier molecular flexibility index (Phi) is 7.16. The van der Waals surface area contributed by atoms with E-state index in [-0.39, 0.29) is 11.4 Å². The maximum atomic E-state index is 14.1. The molecule has 1 atom stereocenters. The normalized spacial score (nSPS) is 11.9. The zero-order chi connectivity index (χ0) is 24.2. The van der Waals surface area contributed by atoms with E-state index >= 15 is 0 Å². The first-order valence-electron chi connectivity index (χ1n) is 10.4. The van der Waals surface area contributed by atoms with Crippen molar-refractivity contribution in [1.29, 1.82) is 0 Å². The number of carbonyl (C=O) groups is 1. The summed E-state index contributed by atoms with van der Waals surface area (Å²) >= 11 is 7.65. The molecule has 7 nitrogen and oxygen atoms in total. The number of rotatable bonds is 7. The molecule has 2 N–H and O–H groups in total. The first-order chi connectivity index (χ1) is 16.4. The van der Waals surface area contributed by atoms with E-state index in [1.54, 1.807) is 19.2 Å². The Hall–Kier alpha value is -3.40. The average Bonchev–Trinajstić information content (AvgIpc) is 3.31. The van der Waals surface area contributed by atoms with Gasteiger partial charge in [-0.1, -0.05) is 29.8 Å². The van der Waals surface area contributed by atoms with Crippen molar-refractivity contribution in [3.05, 3.63) is 98.3 Å². The van der Waals surface area contributed by atoms with E-state index in [0.717, 1.165) is 20.7 Å². The summed E-state index contributed by atoms with van der Waals surface area (Å²) in [5.41, 5.74) is 1.47. The number of hydrogen-bond donors (Lipinski definition) is 2. The van der Waals surface area contributed by atoms with Crippen molar-refractivity contribution in [1.82, 2.24) is 25.4 Å². The summed E-state index contributed by atoms with van der Waals surface area (Å²) in [7, 11) is 1.87. The lowest BCUT2D eigenvalue weighted by Crippen LogP contribution is -2.30. The van der Waals surface area contributed by atoms with Gasteiger partial charge in [0.1, 0.15) is 22.2 Å². The minimum Gasteiger partial charge on any atom is -0.342 e. The molecule has 2 aromatic heterocycles. The lowest BCUT2D eigenvalue weighted by Gasteiger charge is -2.12. The average molecular weight is 498 g/mol. The topological polar surface area (TPSA) is 88.9 Å². The Morgan fingerprint density at radius 1 is 1.21 bits per heavy atom. The third-order valence-corrected chi connectivity index (χ3v) is 6.51. The van der Waals surface area contributed by atoms with Crippen LogP contribution in [0.5, 0.6) is 0 Å². The summed E-state index contributed by atoms with van der Waals surface area (Å²) in [4.78, 5) is 30.4. The highest BCUT2D eigenvalue weighted by molar-refractivity contribution is 7.15. The second kappa shape index (κ2) is 10.3. The molecule has 1 unspecified atom stereocenters. The van der Waals surface area contributed by atoms with Crippen molar-refractivity contribution < 1.29 is 9.18 Å². The number of nitrogens with one attached hydrogen (secondary N) is 2. The SMILES string of the molecule is CNCc1ccc(Cl)cc1-c1cnc(C(C)NC(=O)c2ccc(=O)n(-c3ccccc3F)n2)s1. The summed E-state index contributed by atoms with van der Waals surface area (Å²) in [5.74, 6) is -1.12. The molecule has 174 valence electrons. The van der Waals surface area contributed by atoms with Gasteiger partial charge < -0.3 is 10.6 Å². The van der Waals surface area contributed by atoms with Gasteiger partial charge in [0.15, 0.2) is 0 Å². The van der Waals surface area contributed by atoms with Crippen LogP contribution in [0.2, 0.25) is 5.02 Å². The van der Waals surface area contributed by atoms with Gasteiger partial charge in [0.2, 0.25) is 0 Å². The molecule has 0 bridgehead atoms. The molecule has 4 aromatic rings. The maximum Gasteiger partial charge on any atom is 0.272 e. The minimum atomic E-state index is -0.614. The van der Waals surface area contributed by atoms with Gasteiger partial charge in [-0.3, -0.25) is 9.59 Å². The molecule has 2 aromatic carbocycles. The molecule has 2 heterocycles. The Bertz CT molecular complexity index is 1400. The predicted molar refractivity (Wildman–Crippen MR) is 131 cm³/mol. The second-order valence-corrected chi connectivity index (χ2v) is 9.01.